The number of amides is 1. The van der Waals surface area contributed by atoms with Crippen molar-refractivity contribution >= 4 is 5.91 Å². The van der Waals surface area contributed by atoms with Crippen molar-refractivity contribution < 1.29 is 9.90 Å². The molecule has 3 rings (SSSR count). The number of aromatic nitrogens is 3. The predicted octanol–water partition coefficient (Wildman–Crippen LogP) is 0.379. The van der Waals surface area contributed by atoms with E-state index in [2.05, 4.69) is 15.6 Å². The third-order valence-electron chi connectivity index (χ3n) is 3.70. The highest BCUT2D eigenvalue weighted by Gasteiger charge is 2.36. The van der Waals surface area contributed by atoms with Crippen LogP contribution in [0.25, 0.3) is 0 Å². The smallest absolute Gasteiger partial charge is 0.273 e. The van der Waals surface area contributed by atoms with Crippen LogP contribution in [0.3, 0.4) is 0 Å². The molecule has 0 radical (unpaired) electrons. The molecule has 1 aliphatic carbocycles. The fraction of sp³-hybridized carbons (Fsp3) is 0.357. The first kappa shape index (κ1) is 12.8. The maximum Gasteiger partial charge on any atom is 0.273 e. The molecule has 1 aromatic heterocycles. The van der Waals surface area contributed by atoms with Crippen molar-refractivity contribution in [2.24, 2.45) is 7.05 Å². The summed E-state index contributed by atoms with van der Waals surface area (Å²) in [6.07, 6.45) is 2.99. The van der Waals surface area contributed by atoms with E-state index in [0.717, 1.165) is 17.5 Å². The molecule has 20 heavy (non-hydrogen) atoms. The van der Waals surface area contributed by atoms with Crippen molar-refractivity contribution in [3.8, 4) is 0 Å². The first-order chi connectivity index (χ1) is 9.58. The number of rotatable bonds is 3. The Hall–Kier alpha value is -2.21. The SMILES string of the molecule is Cn1cc(C(=O)NCC2(O)CCc3ccccc32)nn1. The van der Waals surface area contributed by atoms with Crippen LogP contribution in [0, 0.1) is 0 Å². The van der Waals surface area contributed by atoms with Gasteiger partial charge in [0.15, 0.2) is 5.69 Å². The number of nitrogens with zero attached hydrogens (tertiary/aromatic N) is 3. The topological polar surface area (TPSA) is 80.0 Å². The second-order valence-corrected chi connectivity index (χ2v) is 5.15. The Kier molecular flexibility index (Phi) is 3.02. The van der Waals surface area contributed by atoms with E-state index in [0.29, 0.717) is 6.42 Å². The highest BCUT2D eigenvalue weighted by atomic mass is 16.3. The van der Waals surface area contributed by atoms with E-state index >= 15 is 0 Å². The van der Waals surface area contributed by atoms with Crippen molar-refractivity contribution in [3.05, 3.63) is 47.3 Å². The average molecular weight is 272 g/mol. The molecular weight excluding hydrogens is 256 g/mol. The van der Waals surface area contributed by atoms with Crippen LogP contribution in [0.1, 0.15) is 28.0 Å². The summed E-state index contributed by atoms with van der Waals surface area (Å²) in [6.45, 7) is 0.180. The number of hydrogen-bond acceptors (Lipinski definition) is 4. The molecule has 1 aromatic carbocycles. The van der Waals surface area contributed by atoms with Crippen molar-refractivity contribution in [2.45, 2.75) is 18.4 Å². The maximum atomic E-state index is 11.9. The van der Waals surface area contributed by atoms with Crippen LogP contribution < -0.4 is 5.32 Å². The summed E-state index contributed by atoms with van der Waals surface area (Å²) in [5.41, 5.74) is 1.31. The van der Waals surface area contributed by atoms with Gasteiger partial charge in [0.25, 0.3) is 5.91 Å². The van der Waals surface area contributed by atoms with Crippen LogP contribution in [-0.4, -0.2) is 32.6 Å². The third-order valence-corrected chi connectivity index (χ3v) is 3.70. The molecule has 104 valence electrons. The van der Waals surface area contributed by atoms with Gasteiger partial charge in [-0.1, -0.05) is 29.5 Å². The van der Waals surface area contributed by atoms with Gasteiger partial charge in [0.2, 0.25) is 0 Å². The first-order valence-corrected chi connectivity index (χ1v) is 6.54. The van der Waals surface area contributed by atoms with Crippen LogP contribution >= 0.6 is 0 Å². The van der Waals surface area contributed by atoms with Gasteiger partial charge in [-0.2, -0.15) is 0 Å². The molecule has 0 saturated heterocycles. The molecule has 1 heterocycles. The second-order valence-electron chi connectivity index (χ2n) is 5.15. The van der Waals surface area contributed by atoms with Crippen LogP contribution in [-0.2, 0) is 19.1 Å². The van der Waals surface area contributed by atoms with Crippen molar-refractivity contribution in [1.29, 1.82) is 0 Å². The standard InChI is InChI=1S/C14H16N4O2/c1-18-8-12(16-17-18)13(19)15-9-14(20)7-6-10-4-2-3-5-11(10)14/h2-5,8,20H,6-7,9H2,1H3,(H,15,19). The minimum absolute atomic E-state index is 0.180. The quantitative estimate of drug-likeness (QED) is 0.846. The summed E-state index contributed by atoms with van der Waals surface area (Å²) in [7, 11) is 1.70. The van der Waals surface area contributed by atoms with Crippen molar-refractivity contribution in [3.63, 3.8) is 0 Å². The Morgan fingerprint density at radius 3 is 3.05 bits per heavy atom. The molecule has 0 spiro atoms. The Bertz CT molecular complexity index is 652. The van der Waals surface area contributed by atoms with Gasteiger partial charge in [0.1, 0.15) is 5.60 Å². The Balaban J connectivity index is 1.71. The molecule has 2 N–H and O–H groups in total. The highest BCUT2D eigenvalue weighted by Crippen LogP contribution is 2.36. The molecule has 0 aliphatic heterocycles. The molecule has 1 aliphatic rings. The number of carbonyl (C=O) groups excluding carboxylic acids is 1. The summed E-state index contributed by atoms with van der Waals surface area (Å²) < 4.78 is 1.47. The van der Waals surface area contributed by atoms with E-state index in [9.17, 15) is 9.90 Å². The van der Waals surface area contributed by atoms with Gasteiger partial charge in [-0.25, -0.2) is 0 Å². The van der Waals surface area contributed by atoms with E-state index in [1.807, 2.05) is 24.3 Å². The van der Waals surface area contributed by atoms with Gasteiger partial charge in [0, 0.05) is 7.05 Å². The first-order valence-electron chi connectivity index (χ1n) is 6.54. The maximum absolute atomic E-state index is 11.9. The molecule has 1 atom stereocenters. The zero-order chi connectivity index (χ0) is 14.2. The van der Waals surface area contributed by atoms with E-state index in [1.54, 1.807) is 13.2 Å². The van der Waals surface area contributed by atoms with Crippen molar-refractivity contribution in [1.82, 2.24) is 20.3 Å². The molecule has 2 aromatic rings. The number of fused-ring (bicyclic) bond motifs is 1. The minimum Gasteiger partial charge on any atom is -0.383 e. The fourth-order valence-corrected chi connectivity index (χ4v) is 2.62. The zero-order valence-electron chi connectivity index (χ0n) is 11.2. The van der Waals surface area contributed by atoms with Gasteiger partial charge in [-0.15, -0.1) is 5.10 Å². The van der Waals surface area contributed by atoms with Gasteiger partial charge in [-0.3, -0.25) is 9.48 Å². The third kappa shape index (κ3) is 2.18. The van der Waals surface area contributed by atoms with Gasteiger partial charge >= 0.3 is 0 Å². The summed E-state index contributed by atoms with van der Waals surface area (Å²) in [5.74, 6) is -0.323. The van der Waals surface area contributed by atoms with Crippen LogP contribution in [0.4, 0.5) is 0 Å². The minimum atomic E-state index is -0.992. The van der Waals surface area contributed by atoms with Crippen LogP contribution in [0.5, 0.6) is 0 Å². The summed E-state index contributed by atoms with van der Waals surface area (Å²) >= 11 is 0. The number of nitrogens with one attached hydrogen (secondary N) is 1. The molecule has 6 heteroatoms. The van der Waals surface area contributed by atoms with Gasteiger partial charge < -0.3 is 10.4 Å². The fourth-order valence-electron chi connectivity index (χ4n) is 2.62. The number of aryl methyl sites for hydroxylation is 2. The van der Waals surface area contributed by atoms with Crippen molar-refractivity contribution in [2.75, 3.05) is 6.54 Å². The lowest BCUT2D eigenvalue weighted by Gasteiger charge is -2.24. The molecule has 0 fully saturated rings. The van der Waals surface area contributed by atoms with Gasteiger partial charge in [0.05, 0.1) is 12.7 Å². The van der Waals surface area contributed by atoms with Crippen LogP contribution in [0.15, 0.2) is 30.5 Å². The molecule has 1 amide bonds. The molecule has 1 unspecified atom stereocenters. The largest absolute Gasteiger partial charge is 0.383 e. The normalized spacial score (nSPS) is 20.7. The average Bonchev–Trinajstić information content (AvgIpc) is 3.02. The molecule has 0 bridgehead atoms. The Morgan fingerprint density at radius 1 is 1.50 bits per heavy atom. The summed E-state index contributed by atoms with van der Waals surface area (Å²) in [5, 5.41) is 20.9. The van der Waals surface area contributed by atoms with Crippen LogP contribution in [0.2, 0.25) is 0 Å². The second kappa shape index (κ2) is 4.72. The lowest BCUT2D eigenvalue weighted by Crippen LogP contribution is -2.39. The van der Waals surface area contributed by atoms with E-state index in [1.165, 1.54) is 4.68 Å². The van der Waals surface area contributed by atoms with E-state index in [4.69, 9.17) is 0 Å². The van der Waals surface area contributed by atoms with E-state index in [-0.39, 0.29) is 18.1 Å². The molecule has 0 saturated carbocycles. The number of carbonyl (C=O) groups is 1. The zero-order valence-corrected chi connectivity index (χ0v) is 11.2. The number of benzene rings is 1. The number of hydrogen-bond donors (Lipinski definition) is 2. The Morgan fingerprint density at radius 2 is 2.30 bits per heavy atom. The molecular formula is C14H16N4O2. The highest BCUT2D eigenvalue weighted by molar-refractivity contribution is 5.91. The number of aliphatic hydroxyl groups is 1. The predicted molar refractivity (Wildman–Crippen MR) is 72.0 cm³/mol. The van der Waals surface area contributed by atoms with E-state index < -0.39 is 5.60 Å². The monoisotopic (exact) mass is 272 g/mol. The van der Waals surface area contributed by atoms with Gasteiger partial charge in [-0.05, 0) is 24.0 Å². The summed E-state index contributed by atoms with van der Waals surface area (Å²) in [6, 6.07) is 7.79. The lowest BCUT2D eigenvalue weighted by atomic mass is 9.96. The summed E-state index contributed by atoms with van der Waals surface area (Å²) in [4.78, 5) is 11.9. The lowest BCUT2D eigenvalue weighted by molar-refractivity contribution is 0.0368. The molecule has 6 nitrogen and oxygen atoms in total. The Labute approximate surface area is 116 Å².